The molecule has 0 aliphatic heterocycles. The van der Waals surface area contributed by atoms with E-state index in [0.29, 0.717) is 12.8 Å². The highest BCUT2D eigenvalue weighted by atomic mass is 32.2. The molecule has 0 heterocycles. The molecule has 2 N–H and O–H groups in total. The highest BCUT2D eigenvalue weighted by Gasteiger charge is 2.16. The molecule has 0 radical (unpaired) electrons. The summed E-state index contributed by atoms with van der Waals surface area (Å²) in [7, 11) is -3.49. The third kappa shape index (κ3) is 6.41. The van der Waals surface area contributed by atoms with Gasteiger partial charge in [-0.15, -0.1) is 0 Å². The number of benzene rings is 2. The van der Waals surface area contributed by atoms with Gasteiger partial charge in [-0.2, -0.15) is 0 Å². The molecule has 0 unspecified atom stereocenters. The summed E-state index contributed by atoms with van der Waals surface area (Å²) in [5, 5.41) is 3.07. The second-order valence-electron chi connectivity index (χ2n) is 8.00. The van der Waals surface area contributed by atoms with Gasteiger partial charge in [0.15, 0.2) is 0 Å². The Morgan fingerprint density at radius 1 is 0.931 bits per heavy atom. The zero-order valence-corrected chi connectivity index (χ0v) is 19.0. The van der Waals surface area contributed by atoms with Gasteiger partial charge >= 0.3 is 0 Å². The second kappa shape index (κ2) is 9.55. The van der Waals surface area contributed by atoms with Gasteiger partial charge in [0.05, 0.1) is 10.9 Å². The third-order valence-corrected chi connectivity index (χ3v) is 6.67. The van der Waals surface area contributed by atoms with E-state index in [1.165, 1.54) is 16.7 Å². The van der Waals surface area contributed by atoms with E-state index in [0.717, 1.165) is 11.1 Å². The fourth-order valence-electron chi connectivity index (χ4n) is 3.31. The van der Waals surface area contributed by atoms with Crippen LogP contribution in [-0.2, 0) is 21.2 Å². The third-order valence-electron chi connectivity index (χ3n) is 4.99. The van der Waals surface area contributed by atoms with E-state index < -0.39 is 10.0 Å². The van der Waals surface area contributed by atoms with Crippen molar-refractivity contribution in [3.05, 3.63) is 64.2 Å². The monoisotopic (exact) mass is 416 g/mol. The second-order valence-corrected chi connectivity index (χ2v) is 9.72. The average Bonchev–Trinajstić information content (AvgIpc) is 2.62. The van der Waals surface area contributed by atoms with E-state index in [1.54, 1.807) is 38.1 Å². The maximum atomic E-state index is 12.4. The van der Waals surface area contributed by atoms with Gasteiger partial charge in [0.2, 0.25) is 15.9 Å². The van der Waals surface area contributed by atoms with Crippen LogP contribution in [0.2, 0.25) is 0 Å². The summed E-state index contributed by atoms with van der Waals surface area (Å²) in [6.07, 6.45) is 0.910. The summed E-state index contributed by atoms with van der Waals surface area (Å²) in [6, 6.07) is 10.8. The zero-order chi connectivity index (χ0) is 21.8. The Labute approximate surface area is 175 Å². The van der Waals surface area contributed by atoms with E-state index in [9.17, 15) is 13.2 Å². The molecule has 0 fully saturated rings. The Kier molecular flexibility index (Phi) is 7.60. The summed E-state index contributed by atoms with van der Waals surface area (Å²) < 4.78 is 26.9. The molecule has 2 aromatic carbocycles. The van der Waals surface area contributed by atoms with Crippen molar-refractivity contribution in [3.8, 4) is 0 Å². The number of hydrogen-bond donors (Lipinski definition) is 2. The summed E-state index contributed by atoms with van der Waals surface area (Å²) in [6.45, 7) is 11.8. The van der Waals surface area contributed by atoms with Gasteiger partial charge in [0, 0.05) is 12.5 Å². The van der Waals surface area contributed by atoms with Crippen molar-refractivity contribution in [1.29, 1.82) is 0 Å². The van der Waals surface area contributed by atoms with Crippen LogP contribution in [0.25, 0.3) is 0 Å². The predicted molar refractivity (Wildman–Crippen MR) is 117 cm³/mol. The summed E-state index contributed by atoms with van der Waals surface area (Å²) in [4.78, 5) is 12.6. The largest absolute Gasteiger partial charge is 0.350 e. The number of aryl methyl sites for hydroxylation is 4. The quantitative estimate of drug-likeness (QED) is 0.680. The first-order valence-electron chi connectivity index (χ1n) is 9.98. The molecule has 0 bridgehead atoms. The molecule has 6 heteroatoms. The first kappa shape index (κ1) is 23.1. The van der Waals surface area contributed by atoms with Crippen LogP contribution in [0, 0.1) is 20.8 Å². The zero-order valence-electron chi connectivity index (χ0n) is 18.2. The lowest BCUT2D eigenvalue weighted by atomic mass is 9.96. The maximum Gasteiger partial charge on any atom is 0.240 e. The van der Waals surface area contributed by atoms with Crippen LogP contribution in [0.1, 0.15) is 61.1 Å². The fourth-order valence-corrected chi connectivity index (χ4v) is 4.56. The smallest absolute Gasteiger partial charge is 0.240 e. The molecule has 158 valence electrons. The molecule has 0 aliphatic carbocycles. The fraction of sp³-hybridized carbons (Fsp3) is 0.435. The molecule has 2 aromatic rings. The Morgan fingerprint density at radius 2 is 1.52 bits per heavy atom. The van der Waals surface area contributed by atoms with Crippen molar-refractivity contribution >= 4 is 15.9 Å². The van der Waals surface area contributed by atoms with Crippen molar-refractivity contribution in [1.82, 2.24) is 10.0 Å². The standard InChI is InChI=1S/C23H32N2O3S/c1-15(2)25-29(27,28)21-10-7-20(8-11-21)9-12-23(26)24-19(6)22-14-17(4)16(3)13-18(22)5/h7-8,10-11,13-15,19,25H,9,12H2,1-6H3,(H,24,26)/t19-/m0/s1. The molecule has 0 aromatic heterocycles. The number of rotatable bonds is 8. The predicted octanol–water partition coefficient (Wildman–Crippen LogP) is 4.11. The van der Waals surface area contributed by atoms with Crippen molar-refractivity contribution < 1.29 is 13.2 Å². The molecule has 1 amide bonds. The molecule has 0 aliphatic rings. The van der Waals surface area contributed by atoms with Gasteiger partial charge in [-0.05, 0) is 87.9 Å². The Bertz CT molecular complexity index is 964. The molecule has 1 atom stereocenters. The molecule has 0 saturated heterocycles. The van der Waals surface area contributed by atoms with Gasteiger partial charge < -0.3 is 5.32 Å². The molecule has 0 spiro atoms. The van der Waals surface area contributed by atoms with Gasteiger partial charge in [-0.25, -0.2) is 13.1 Å². The first-order valence-corrected chi connectivity index (χ1v) is 11.5. The van der Waals surface area contributed by atoms with Crippen LogP contribution in [0.3, 0.4) is 0 Å². The molecular formula is C23H32N2O3S. The molecule has 29 heavy (non-hydrogen) atoms. The summed E-state index contributed by atoms with van der Waals surface area (Å²) in [5.41, 5.74) is 5.70. The van der Waals surface area contributed by atoms with Gasteiger partial charge in [0.25, 0.3) is 0 Å². The van der Waals surface area contributed by atoms with Crippen LogP contribution in [0.5, 0.6) is 0 Å². The minimum atomic E-state index is -3.49. The number of amides is 1. The average molecular weight is 417 g/mol. The lowest BCUT2D eigenvalue weighted by Gasteiger charge is -2.18. The van der Waals surface area contributed by atoms with Crippen LogP contribution >= 0.6 is 0 Å². The van der Waals surface area contributed by atoms with Crippen molar-refractivity contribution in [2.75, 3.05) is 0 Å². The van der Waals surface area contributed by atoms with Crippen molar-refractivity contribution in [2.24, 2.45) is 0 Å². The lowest BCUT2D eigenvalue weighted by Crippen LogP contribution is -2.30. The van der Waals surface area contributed by atoms with E-state index in [2.05, 4.69) is 42.9 Å². The molecular weight excluding hydrogens is 384 g/mol. The van der Waals surface area contributed by atoms with Gasteiger partial charge in [-0.3, -0.25) is 4.79 Å². The number of hydrogen-bond acceptors (Lipinski definition) is 3. The minimum absolute atomic E-state index is 0.0201. The molecule has 0 saturated carbocycles. The number of sulfonamides is 1. The molecule has 2 rings (SSSR count). The van der Waals surface area contributed by atoms with Gasteiger partial charge in [-0.1, -0.05) is 24.3 Å². The minimum Gasteiger partial charge on any atom is -0.350 e. The normalized spacial score (nSPS) is 12.8. The van der Waals surface area contributed by atoms with E-state index in [4.69, 9.17) is 0 Å². The Balaban J connectivity index is 1.95. The summed E-state index contributed by atoms with van der Waals surface area (Å²) >= 11 is 0. The number of nitrogens with one attached hydrogen (secondary N) is 2. The van der Waals surface area contributed by atoms with Gasteiger partial charge in [0.1, 0.15) is 0 Å². The highest BCUT2D eigenvalue weighted by molar-refractivity contribution is 7.89. The SMILES string of the molecule is Cc1cc(C)c([C@H](C)NC(=O)CCc2ccc(S(=O)(=O)NC(C)C)cc2)cc1C. The van der Waals surface area contributed by atoms with Crippen LogP contribution in [0.4, 0.5) is 0 Å². The highest BCUT2D eigenvalue weighted by Crippen LogP contribution is 2.22. The van der Waals surface area contributed by atoms with Crippen molar-refractivity contribution in [3.63, 3.8) is 0 Å². The van der Waals surface area contributed by atoms with E-state index in [1.807, 2.05) is 6.92 Å². The van der Waals surface area contributed by atoms with Crippen LogP contribution < -0.4 is 10.0 Å². The Morgan fingerprint density at radius 3 is 2.10 bits per heavy atom. The van der Waals surface area contributed by atoms with Crippen LogP contribution in [-0.4, -0.2) is 20.4 Å². The van der Waals surface area contributed by atoms with Crippen molar-refractivity contribution in [2.45, 2.75) is 71.4 Å². The van der Waals surface area contributed by atoms with E-state index in [-0.39, 0.29) is 22.9 Å². The van der Waals surface area contributed by atoms with Crippen LogP contribution in [0.15, 0.2) is 41.3 Å². The molecule has 5 nitrogen and oxygen atoms in total. The van der Waals surface area contributed by atoms with E-state index >= 15 is 0 Å². The topological polar surface area (TPSA) is 75.3 Å². The maximum absolute atomic E-state index is 12.4. The Hall–Kier alpha value is -2.18. The lowest BCUT2D eigenvalue weighted by molar-refractivity contribution is -0.121. The number of carbonyl (C=O) groups excluding carboxylic acids is 1. The first-order chi connectivity index (χ1) is 13.5. The number of carbonyl (C=O) groups is 1. The summed E-state index contributed by atoms with van der Waals surface area (Å²) in [5.74, 6) is -0.0201.